The lowest BCUT2D eigenvalue weighted by Crippen LogP contribution is -2.38. The molecular weight excluding hydrogens is 358 g/mol. The summed E-state index contributed by atoms with van der Waals surface area (Å²) in [5.41, 5.74) is 14.1. The molecule has 146 valence electrons. The minimum absolute atomic E-state index is 0.0107. The average molecular weight is 381 g/mol. The highest BCUT2D eigenvalue weighted by Gasteiger charge is 2.40. The first-order valence-corrected chi connectivity index (χ1v) is 8.97. The quantitative estimate of drug-likeness (QED) is 0.511. The first-order chi connectivity index (χ1) is 13.4. The molecule has 0 saturated carbocycles. The van der Waals surface area contributed by atoms with Crippen molar-refractivity contribution in [2.75, 3.05) is 25.5 Å². The molecule has 0 unspecified atom stereocenters. The third kappa shape index (κ3) is 3.75. The normalized spacial score (nSPS) is 17.5. The van der Waals surface area contributed by atoms with Crippen LogP contribution in [-0.2, 0) is 14.4 Å². The molecule has 0 radical (unpaired) electrons. The van der Waals surface area contributed by atoms with E-state index in [1.54, 1.807) is 41.3 Å². The molecule has 0 atom stereocenters. The lowest BCUT2D eigenvalue weighted by molar-refractivity contribution is -0.136. The number of likely N-dealkylation sites (N-methyl/N-ethyl adjacent to an activating group) is 1. The van der Waals surface area contributed by atoms with Gasteiger partial charge in [-0.25, -0.2) is 0 Å². The molecule has 2 aliphatic heterocycles. The summed E-state index contributed by atoms with van der Waals surface area (Å²) >= 11 is 0. The lowest BCUT2D eigenvalue weighted by atomic mass is 10.0. The van der Waals surface area contributed by atoms with Gasteiger partial charge >= 0.3 is 0 Å². The Kier molecular flexibility index (Phi) is 5.49. The van der Waals surface area contributed by atoms with Crippen molar-refractivity contribution in [2.24, 2.45) is 11.5 Å². The second kappa shape index (κ2) is 7.99. The van der Waals surface area contributed by atoms with Gasteiger partial charge in [-0.05, 0) is 48.9 Å². The number of hydrogen-bond donors (Lipinski definition) is 3. The highest BCUT2D eigenvalue weighted by Crippen LogP contribution is 2.30. The number of nitrogens with two attached hydrogens (primary N) is 2. The Labute approximate surface area is 163 Å². The van der Waals surface area contributed by atoms with Gasteiger partial charge in [-0.1, -0.05) is 12.1 Å². The molecule has 28 heavy (non-hydrogen) atoms. The third-order valence-corrected chi connectivity index (χ3v) is 4.75. The Morgan fingerprint density at radius 1 is 1.21 bits per heavy atom. The number of nitrogens with one attached hydrogen (secondary N) is 1. The van der Waals surface area contributed by atoms with E-state index in [1.807, 2.05) is 0 Å². The monoisotopic (exact) mass is 381 g/mol. The molecule has 0 aromatic heterocycles. The van der Waals surface area contributed by atoms with Crippen LogP contribution in [0.25, 0.3) is 5.70 Å². The maximum Gasteiger partial charge on any atom is 0.277 e. The first-order valence-electron chi connectivity index (χ1n) is 8.97. The van der Waals surface area contributed by atoms with Crippen molar-refractivity contribution in [3.8, 4) is 0 Å². The smallest absolute Gasteiger partial charge is 0.277 e. The van der Waals surface area contributed by atoms with Gasteiger partial charge in [-0.3, -0.25) is 19.3 Å². The van der Waals surface area contributed by atoms with E-state index in [1.165, 1.54) is 13.2 Å². The van der Waals surface area contributed by atoms with Crippen molar-refractivity contribution in [3.05, 3.63) is 59.5 Å². The summed E-state index contributed by atoms with van der Waals surface area (Å²) in [5, 5.41) is 2.81. The van der Waals surface area contributed by atoms with Crippen LogP contribution in [0.1, 0.15) is 18.4 Å². The van der Waals surface area contributed by atoms with Crippen molar-refractivity contribution < 1.29 is 14.4 Å². The van der Waals surface area contributed by atoms with Gasteiger partial charge in [-0.15, -0.1) is 0 Å². The number of amides is 3. The van der Waals surface area contributed by atoms with Crippen molar-refractivity contribution in [2.45, 2.75) is 12.8 Å². The summed E-state index contributed by atoms with van der Waals surface area (Å²) in [7, 11) is 1.46. The predicted molar refractivity (Wildman–Crippen MR) is 106 cm³/mol. The van der Waals surface area contributed by atoms with Crippen LogP contribution in [0.3, 0.4) is 0 Å². The number of benzene rings is 1. The van der Waals surface area contributed by atoms with Crippen LogP contribution >= 0.6 is 0 Å². The number of imide groups is 1. The van der Waals surface area contributed by atoms with Gasteiger partial charge in [0.25, 0.3) is 11.8 Å². The van der Waals surface area contributed by atoms with E-state index in [2.05, 4.69) is 5.32 Å². The third-order valence-electron chi connectivity index (χ3n) is 4.75. The fourth-order valence-electron chi connectivity index (χ4n) is 3.33. The number of hydrogen-bond acceptors (Lipinski definition) is 6. The van der Waals surface area contributed by atoms with Crippen LogP contribution in [0.4, 0.5) is 5.69 Å². The Morgan fingerprint density at radius 3 is 2.61 bits per heavy atom. The standard InChI is InChI=1S/C20H23N5O3/c1-24-19(27)15-4-3-11-25(18(15)20(24)28)12-17(26)23-14-8-6-13(7-9-14)16(22)5-2-10-21/h2,5-10H,3-4,11-12,21-22H2,1H3,(H,23,26)/b10-2-,16-5-. The molecule has 1 aromatic carbocycles. The summed E-state index contributed by atoms with van der Waals surface area (Å²) in [6.07, 6.45) is 6.02. The summed E-state index contributed by atoms with van der Waals surface area (Å²) in [4.78, 5) is 39.7. The van der Waals surface area contributed by atoms with Gasteiger partial charge in [0.1, 0.15) is 5.70 Å². The molecule has 1 aromatic rings. The van der Waals surface area contributed by atoms with E-state index >= 15 is 0 Å². The van der Waals surface area contributed by atoms with Gasteiger partial charge in [0.2, 0.25) is 5.91 Å². The summed E-state index contributed by atoms with van der Waals surface area (Å²) in [6.45, 7) is 0.574. The zero-order valence-corrected chi connectivity index (χ0v) is 15.6. The topological polar surface area (TPSA) is 122 Å². The molecule has 8 heteroatoms. The molecule has 2 aliphatic rings. The number of rotatable bonds is 5. The maximum absolute atomic E-state index is 12.5. The molecule has 0 fully saturated rings. The molecule has 0 aliphatic carbocycles. The van der Waals surface area contributed by atoms with E-state index in [9.17, 15) is 14.4 Å². The Morgan fingerprint density at radius 2 is 1.93 bits per heavy atom. The molecule has 0 spiro atoms. The van der Waals surface area contributed by atoms with Crippen LogP contribution < -0.4 is 16.8 Å². The first kappa shape index (κ1) is 19.2. The van der Waals surface area contributed by atoms with Crippen LogP contribution in [0, 0.1) is 0 Å². The minimum Gasteiger partial charge on any atom is -0.405 e. The number of carbonyl (C=O) groups is 3. The van der Waals surface area contributed by atoms with Crippen molar-refractivity contribution in [1.82, 2.24) is 9.80 Å². The number of allylic oxidation sites excluding steroid dienone is 2. The second-order valence-electron chi connectivity index (χ2n) is 6.65. The van der Waals surface area contributed by atoms with E-state index in [0.29, 0.717) is 35.6 Å². The van der Waals surface area contributed by atoms with E-state index in [0.717, 1.165) is 16.9 Å². The fraction of sp³-hybridized carbons (Fsp3) is 0.250. The van der Waals surface area contributed by atoms with E-state index < -0.39 is 0 Å². The lowest BCUT2D eigenvalue weighted by Gasteiger charge is -2.28. The van der Waals surface area contributed by atoms with Crippen molar-refractivity contribution in [3.63, 3.8) is 0 Å². The average Bonchev–Trinajstić information content (AvgIpc) is 2.91. The number of anilines is 1. The highest BCUT2D eigenvalue weighted by atomic mass is 16.2. The molecule has 3 rings (SSSR count). The summed E-state index contributed by atoms with van der Waals surface area (Å²) in [6, 6.07) is 7.08. The zero-order valence-electron chi connectivity index (χ0n) is 15.6. The number of nitrogens with zero attached hydrogens (tertiary/aromatic N) is 2. The minimum atomic E-state index is -0.342. The van der Waals surface area contributed by atoms with Crippen molar-refractivity contribution >= 4 is 29.1 Å². The zero-order chi connectivity index (χ0) is 20.3. The van der Waals surface area contributed by atoms with Gasteiger partial charge in [0.15, 0.2) is 0 Å². The molecule has 2 heterocycles. The second-order valence-corrected chi connectivity index (χ2v) is 6.65. The fourth-order valence-corrected chi connectivity index (χ4v) is 3.33. The molecule has 3 amide bonds. The molecular formula is C20H23N5O3. The summed E-state index contributed by atoms with van der Waals surface area (Å²) in [5.74, 6) is -0.868. The van der Waals surface area contributed by atoms with Gasteiger partial charge < -0.3 is 21.7 Å². The van der Waals surface area contributed by atoms with E-state index in [4.69, 9.17) is 11.5 Å². The van der Waals surface area contributed by atoms with Crippen LogP contribution in [-0.4, -0.2) is 47.7 Å². The maximum atomic E-state index is 12.5. The summed E-state index contributed by atoms with van der Waals surface area (Å²) < 4.78 is 0. The molecule has 0 saturated heterocycles. The predicted octanol–water partition coefficient (Wildman–Crippen LogP) is 0.746. The van der Waals surface area contributed by atoms with Gasteiger partial charge in [-0.2, -0.15) is 0 Å². The molecule has 5 N–H and O–H groups in total. The number of carbonyl (C=O) groups excluding carboxylic acids is 3. The van der Waals surface area contributed by atoms with Crippen LogP contribution in [0.15, 0.2) is 53.9 Å². The highest BCUT2D eigenvalue weighted by molar-refractivity contribution is 6.19. The Balaban J connectivity index is 1.66. The Hall–Kier alpha value is -3.55. The Bertz CT molecular complexity index is 899. The largest absolute Gasteiger partial charge is 0.405 e. The molecule has 8 nitrogen and oxygen atoms in total. The van der Waals surface area contributed by atoms with Crippen molar-refractivity contribution in [1.29, 1.82) is 0 Å². The SMILES string of the molecule is CN1C(=O)C2=C(C1=O)N(CC(=O)Nc1ccc(/C(N)=C/C=C\N)cc1)CCC2. The van der Waals surface area contributed by atoms with E-state index in [-0.39, 0.29) is 24.3 Å². The van der Waals surface area contributed by atoms with Gasteiger partial charge in [0.05, 0.1) is 6.54 Å². The molecule has 0 bridgehead atoms. The van der Waals surface area contributed by atoms with Crippen LogP contribution in [0.2, 0.25) is 0 Å². The van der Waals surface area contributed by atoms with Crippen LogP contribution in [0.5, 0.6) is 0 Å². The van der Waals surface area contributed by atoms with Gasteiger partial charge in [0, 0.05) is 30.5 Å².